The van der Waals surface area contributed by atoms with E-state index in [0.717, 1.165) is 43.2 Å². The quantitative estimate of drug-likeness (QED) is 0.476. The minimum absolute atomic E-state index is 0.0475. The third-order valence-corrected chi connectivity index (χ3v) is 7.03. The van der Waals surface area contributed by atoms with Gasteiger partial charge in [0.15, 0.2) is 0 Å². The van der Waals surface area contributed by atoms with Gasteiger partial charge >= 0.3 is 6.18 Å². The first kappa shape index (κ1) is 25.0. The van der Waals surface area contributed by atoms with E-state index < -0.39 is 17.8 Å². The van der Waals surface area contributed by atoms with E-state index in [1.54, 1.807) is 12.1 Å². The van der Waals surface area contributed by atoms with E-state index in [9.17, 15) is 22.8 Å². The van der Waals surface area contributed by atoms with Crippen LogP contribution in [-0.2, 0) is 11.0 Å². The highest BCUT2D eigenvalue weighted by Gasteiger charge is 2.33. The number of carbonyl (C=O) groups excluding carboxylic acids is 2. The Labute approximate surface area is 211 Å². The zero-order valence-electron chi connectivity index (χ0n) is 20.3. The molecule has 2 amide bonds. The van der Waals surface area contributed by atoms with Crippen LogP contribution < -0.4 is 15.4 Å². The molecule has 1 aliphatic heterocycles. The van der Waals surface area contributed by atoms with E-state index in [4.69, 9.17) is 9.84 Å². The molecule has 2 aliphatic rings. The molecule has 5 rings (SSSR count). The summed E-state index contributed by atoms with van der Waals surface area (Å²) in [5.74, 6) is 0.173. The predicted molar refractivity (Wildman–Crippen MR) is 130 cm³/mol. The molecule has 0 bridgehead atoms. The Morgan fingerprint density at radius 1 is 1.19 bits per heavy atom. The number of benzene rings is 1. The predicted octanol–water partition coefficient (Wildman–Crippen LogP) is 5.11. The van der Waals surface area contributed by atoms with E-state index >= 15 is 0 Å². The molecule has 3 heterocycles. The smallest absolute Gasteiger partial charge is 0.433 e. The minimum atomic E-state index is -4.67. The molecule has 8 nitrogen and oxygen atoms in total. The Kier molecular flexibility index (Phi) is 6.78. The van der Waals surface area contributed by atoms with Crippen LogP contribution in [0, 0.1) is 5.92 Å². The van der Waals surface area contributed by atoms with Crippen LogP contribution in [-0.4, -0.2) is 39.2 Å². The molecule has 1 aromatic carbocycles. The molecule has 2 aromatic heterocycles. The topological polar surface area (TPSA) is 98.1 Å². The zero-order valence-corrected chi connectivity index (χ0v) is 20.3. The summed E-state index contributed by atoms with van der Waals surface area (Å²) in [5.41, 5.74) is -0.541. The van der Waals surface area contributed by atoms with E-state index in [1.165, 1.54) is 6.07 Å². The lowest BCUT2D eigenvalue weighted by Gasteiger charge is -2.26. The van der Waals surface area contributed by atoms with Gasteiger partial charge in [-0.15, -0.1) is 0 Å². The largest absolute Gasteiger partial charge is 0.489 e. The van der Waals surface area contributed by atoms with Gasteiger partial charge in [-0.1, -0.05) is 13.0 Å². The number of hydrogen-bond donors (Lipinski definition) is 2. The number of nitrogens with one attached hydrogen (secondary N) is 2. The van der Waals surface area contributed by atoms with Gasteiger partial charge in [-0.3, -0.25) is 14.3 Å². The van der Waals surface area contributed by atoms with Gasteiger partial charge in [-0.25, -0.2) is 4.98 Å². The molecule has 196 valence electrons. The first-order valence-corrected chi connectivity index (χ1v) is 12.5. The van der Waals surface area contributed by atoms with Gasteiger partial charge in [0.25, 0.3) is 5.91 Å². The number of hydrogen-bond acceptors (Lipinski definition) is 5. The van der Waals surface area contributed by atoms with Gasteiger partial charge in [0.1, 0.15) is 23.7 Å². The van der Waals surface area contributed by atoms with Gasteiger partial charge in [0.05, 0.1) is 23.3 Å². The van der Waals surface area contributed by atoms with E-state index in [-0.39, 0.29) is 36.0 Å². The molecule has 1 saturated carbocycles. The van der Waals surface area contributed by atoms with Gasteiger partial charge in [-0.2, -0.15) is 18.3 Å². The highest BCUT2D eigenvalue weighted by atomic mass is 19.4. The maximum absolute atomic E-state index is 13.1. The van der Waals surface area contributed by atoms with Gasteiger partial charge in [0, 0.05) is 24.1 Å². The van der Waals surface area contributed by atoms with Crippen molar-refractivity contribution in [3.8, 4) is 5.75 Å². The monoisotopic (exact) mass is 515 g/mol. The zero-order chi connectivity index (χ0) is 26.2. The van der Waals surface area contributed by atoms with Crippen LogP contribution in [0.15, 0.2) is 36.5 Å². The van der Waals surface area contributed by atoms with Crippen LogP contribution in [0.4, 0.5) is 18.9 Å². The standard InChI is InChI=1S/C26H28F3N5O3/c1-15-5-8-18(9-6-15)34-13-16-11-21(32-25(36)19-3-2-4-23(31-19)26(27,28)29)22(12-20(16)33-34)37-14-17-7-10-24(35)30-17/h2-4,11-13,15,17-18H,5-10,14H2,1H3,(H,30,35)(H,32,36)/t15-,17-,18-/m1/s1. The summed E-state index contributed by atoms with van der Waals surface area (Å²) in [6.45, 7) is 2.43. The lowest BCUT2D eigenvalue weighted by Crippen LogP contribution is -2.31. The lowest BCUT2D eigenvalue weighted by atomic mass is 9.87. The summed E-state index contributed by atoms with van der Waals surface area (Å²) in [6, 6.07) is 6.71. The summed E-state index contributed by atoms with van der Waals surface area (Å²) in [6.07, 6.45) is 2.64. The highest BCUT2D eigenvalue weighted by Crippen LogP contribution is 2.35. The number of halogens is 3. The number of aromatic nitrogens is 3. The van der Waals surface area contributed by atoms with Crippen molar-refractivity contribution in [2.75, 3.05) is 11.9 Å². The second kappa shape index (κ2) is 10.0. The number of ether oxygens (including phenoxy) is 1. The van der Waals surface area contributed by atoms with E-state index in [1.807, 2.05) is 10.9 Å². The summed E-state index contributed by atoms with van der Waals surface area (Å²) >= 11 is 0. The molecule has 2 N–H and O–H groups in total. The Morgan fingerprint density at radius 3 is 2.68 bits per heavy atom. The number of alkyl halides is 3. The maximum Gasteiger partial charge on any atom is 0.433 e. The number of amides is 2. The van der Waals surface area contributed by atoms with Crippen molar-refractivity contribution in [3.63, 3.8) is 0 Å². The summed E-state index contributed by atoms with van der Waals surface area (Å²) < 4.78 is 47.2. The Morgan fingerprint density at radius 2 is 1.97 bits per heavy atom. The maximum atomic E-state index is 13.1. The molecule has 11 heteroatoms. The molecule has 0 radical (unpaired) electrons. The Balaban J connectivity index is 1.43. The molecule has 1 aliphatic carbocycles. The molecular weight excluding hydrogens is 487 g/mol. The van der Waals surface area contributed by atoms with Crippen LogP contribution in [0.2, 0.25) is 0 Å². The fourth-order valence-corrected chi connectivity index (χ4v) is 4.88. The molecule has 3 aromatic rings. The van der Waals surface area contributed by atoms with Crippen molar-refractivity contribution in [3.05, 3.63) is 47.9 Å². The van der Waals surface area contributed by atoms with Crippen LogP contribution in [0.25, 0.3) is 10.9 Å². The van der Waals surface area contributed by atoms with Crippen molar-refractivity contribution in [1.29, 1.82) is 0 Å². The Bertz CT molecular complexity index is 1310. The number of pyridine rings is 1. The fourth-order valence-electron chi connectivity index (χ4n) is 4.88. The normalized spacial score (nSPS) is 22.2. The second-order valence-corrected chi connectivity index (χ2v) is 9.90. The third kappa shape index (κ3) is 5.70. The van der Waals surface area contributed by atoms with Crippen molar-refractivity contribution >= 4 is 28.4 Å². The minimum Gasteiger partial charge on any atom is -0.489 e. The summed E-state index contributed by atoms with van der Waals surface area (Å²) in [7, 11) is 0. The highest BCUT2D eigenvalue weighted by molar-refractivity contribution is 6.05. The van der Waals surface area contributed by atoms with Crippen molar-refractivity contribution in [2.45, 2.75) is 63.7 Å². The summed E-state index contributed by atoms with van der Waals surface area (Å²) in [4.78, 5) is 27.9. The molecule has 37 heavy (non-hydrogen) atoms. The van der Waals surface area contributed by atoms with E-state index in [2.05, 4.69) is 22.5 Å². The lowest BCUT2D eigenvalue weighted by molar-refractivity contribution is -0.141. The van der Waals surface area contributed by atoms with Crippen LogP contribution in [0.3, 0.4) is 0 Å². The van der Waals surface area contributed by atoms with Crippen molar-refractivity contribution in [1.82, 2.24) is 20.1 Å². The SMILES string of the molecule is C[C@H]1CC[C@H](n2cc3cc(NC(=O)c4cccc(C(F)(F)F)n4)c(OC[C@H]4CCC(=O)N4)cc3n2)CC1. The molecule has 2 fully saturated rings. The van der Waals surface area contributed by atoms with Crippen molar-refractivity contribution in [2.24, 2.45) is 5.92 Å². The first-order chi connectivity index (χ1) is 17.7. The number of rotatable bonds is 6. The average Bonchev–Trinajstić information content (AvgIpc) is 3.48. The van der Waals surface area contributed by atoms with E-state index in [0.29, 0.717) is 30.0 Å². The van der Waals surface area contributed by atoms with Crippen molar-refractivity contribution < 1.29 is 27.5 Å². The molecule has 1 saturated heterocycles. The van der Waals surface area contributed by atoms with Gasteiger partial charge in [-0.05, 0) is 56.2 Å². The van der Waals surface area contributed by atoms with Crippen LogP contribution >= 0.6 is 0 Å². The number of anilines is 1. The molecular formula is C26H28F3N5O3. The van der Waals surface area contributed by atoms with Crippen LogP contribution in [0.5, 0.6) is 5.75 Å². The fraction of sp³-hybridized carbons (Fsp3) is 0.462. The third-order valence-electron chi connectivity index (χ3n) is 7.03. The number of fused-ring (bicyclic) bond motifs is 1. The molecule has 1 atom stereocenters. The molecule has 0 spiro atoms. The first-order valence-electron chi connectivity index (χ1n) is 12.5. The molecule has 0 unspecified atom stereocenters. The number of nitrogens with zero attached hydrogens (tertiary/aromatic N) is 3. The summed E-state index contributed by atoms with van der Waals surface area (Å²) in [5, 5.41) is 11.0. The Hall–Kier alpha value is -3.63. The second-order valence-electron chi connectivity index (χ2n) is 9.90. The number of carbonyl (C=O) groups is 2. The average molecular weight is 516 g/mol. The van der Waals surface area contributed by atoms with Gasteiger partial charge in [0.2, 0.25) is 5.91 Å². The van der Waals surface area contributed by atoms with Gasteiger partial charge < -0.3 is 15.4 Å². The van der Waals surface area contributed by atoms with Crippen LogP contribution in [0.1, 0.15) is 67.7 Å².